The maximum atomic E-state index is 12.3. The van der Waals surface area contributed by atoms with Crippen LogP contribution in [-0.4, -0.2) is 17.4 Å². The first-order valence-electron chi connectivity index (χ1n) is 10.5. The summed E-state index contributed by atoms with van der Waals surface area (Å²) in [5, 5.41) is 6.88. The quantitative estimate of drug-likeness (QED) is 0.175. The predicted octanol–water partition coefficient (Wildman–Crippen LogP) is 6.70. The van der Waals surface area contributed by atoms with Gasteiger partial charge in [0.15, 0.2) is 0 Å². The van der Waals surface area contributed by atoms with Crippen molar-refractivity contribution in [3.05, 3.63) is 107 Å². The van der Waals surface area contributed by atoms with Gasteiger partial charge in [-0.25, -0.2) is 5.43 Å². The Morgan fingerprint density at radius 2 is 1.73 bits per heavy atom. The molecule has 166 valence electrons. The summed E-state index contributed by atoms with van der Waals surface area (Å²) in [6, 6.07) is 29.6. The van der Waals surface area contributed by atoms with E-state index in [0.29, 0.717) is 11.6 Å². The topological polar surface area (TPSA) is 50.7 Å². The molecule has 4 nitrogen and oxygen atoms in total. The summed E-state index contributed by atoms with van der Waals surface area (Å²) in [6.45, 7) is 2.34. The Morgan fingerprint density at radius 3 is 2.48 bits per heavy atom. The molecule has 0 saturated heterocycles. The predicted molar refractivity (Wildman–Crippen MR) is 137 cm³/mol. The van der Waals surface area contributed by atoms with Crippen molar-refractivity contribution in [3.8, 4) is 5.75 Å². The van der Waals surface area contributed by atoms with E-state index in [2.05, 4.69) is 40.9 Å². The minimum Gasteiger partial charge on any atom is -0.489 e. The molecule has 0 heterocycles. The molecule has 0 fully saturated rings. The van der Waals surface area contributed by atoms with Gasteiger partial charge < -0.3 is 4.74 Å². The number of carbonyl (C=O) groups excluding carboxylic acids is 1. The van der Waals surface area contributed by atoms with Gasteiger partial charge in [0.2, 0.25) is 0 Å². The van der Waals surface area contributed by atoms with Gasteiger partial charge in [-0.3, -0.25) is 4.79 Å². The van der Waals surface area contributed by atoms with E-state index >= 15 is 0 Å². The lowest BCUT2D eigenvalue weighted by atomic mass is 10.1. The molecule has 0 bridgehead atoms. The summed E-state index contributed by atoms with van der Waals surface area (Å²) in [6.07, 6.45) is 1.62. The van der Waals surface area contributed by atoms with Gasteiger partial charge in [0.05, 0.1) is 11.5 Å². The lowest BCUT2D eigenvalue weighted by Gasteiger charge is -2.09. The fraction of sp³-hybridized carbons (Fsp3) is 0.111. The maximum Gasteiger partial charge on any atom is 0.253 e. The lowest BCUT2D eigenvalue weighted by Crippen LogP contribution is -2.26. The van der Waals surface area contributed by atoms with E-state index in [1.54, 1.807) is 6.21 Å². The van der Waals surface area contributed by atoms with E-state index in [1.807, 2.05) is 67.6 Å². The zero-order valence-electron chi connectivity index (χ0n) is 18.1. The molecule has 0 aliphatic heterocycles. The van der Waals surface area contributed by atoms with Gasteiger partial charge in [-0.1, -0.05) is 48.0 Å². The Labute approximate surface area is 202 Å². The van der Waals surface area contributed by atoms with Crippen molar-refractivity contribution in [1.82, 2.24) is 5.43 Å². The van der Waals surface area contributed by atoms with Crippen molar-refractivity contribution >= 4 is 46.3 Å². The van der Waals surface area contributed by atoms with Crippen LogP contribution in [0.4, 0.5) is 0 Å². The smallest absolute Gasteiger partial charge is 0.253 e. The van der Waals surface area contributed by atoms with Gasteiger partial charge in [-0.05, 0) is 83.4 Å². The monoisotopic (exact) mass is 474 g/mol. The zero-order valence-corrected chi connectivity index (χ0v) is 19.6. The van der Waals surface area contributed by atoms with Crippen molar-refractivity contribution in [2.75, 3.05) is 0 Å². The van der Waals surface area contributed by atoms with E-state index in [0.717, 1.165) is 21.8 Å². The number of hydrogen-bond acceptors (Lipinski definition) is 4. The van der Waals surface area contributed by atoms with Crippen molar-refractivity contribution in [3.63, 3.8) is 0 Å². The Balaban J connectivity index is 1.26. The molecule has 33 heavy (non-hydrogen) atoms. The van der Waals surface area contributed by atoms with Gasteiger partial charge in [0, 0.05) is 9.92 Å². The third-order valence-electron chi connectivity index (χ3n) is 4.98. The molecule has 4 rings (SSSR count). The molecular formula is C27H23ClN2O2S. The number of ether oxygens (including phenoxy) is 1. The second-order valence-electron chi connectivity index (χ2n) is 7.49. The number of fused-ring (bicyclic) bond motifs is 1. The average molecular weight is 475 g/mol. The third-order valence-corrected chi connectivity index (χ3v) is 6.35. The van der Waals surface area contributed by atoms with Crippen molar-refractivity contribution in [1.29, 1.82) is 0 Å². The summed E-state index contributed by atoms with van der Waals surface area (Å²) in [5.41, 5.74) is 4.58. The van der Waals surface area contributed by atoms with Crippen LogP contribution >= 0.6 is 23.4 Å². The summed E-state index contributed by atoms with van der Waals surface area (Å²) in [4.78, 5) is 13.2. The molecule has 0 unspecified atom stereocenters. The van der Waals surface area contributed by atoms with Crippen LogP contribution in [-0.2, 0) is 11.4 Å². The SMILES string of the molecule is C[C@H](Sc1ccc(Cl)cc1)C(=O)N/N=C\c1ccc(OCc2ccc3ccccc3c2)cc1. The molecule has 1 N–H and O–H groups in total. The average Bonchev–Trinajstić information content (AvgIpc) is 2.84. The fourth-order valence-electron chi connectivity index (χ4n) is 3.18. The van der Waals surface area contributed by atoms with Crippen LogP contribution in [0.5, 0.6) is 5.75 Å². The van der Waals surface area contributed by atoms with E-state index in [1.165, 1.54) is 22.5 Å². The molecule has 6 heteroatoms. The van der Waals surface area contributed by atoms with Crippen molar-refractivity contribution < 1.29 is 9.53 Å². The number of nitrogens with zero attached hydrogens (tertiary/aromatic N) is 1. The summed E-state index contributed by atoms with van der Waals surface area (Å²) in [7, 11) is 0. The van der Waals surface area contributed by atoms with E-state index in [9.17, 15) is 4.79 Å². The molecule has 0 spiro atoms. The molecule has 0 aliphatic rings. The Morgan fingerprint density at radius 1 is 1.00 bits per heavy atom. The standard InChI is InChI=1S/C27H23ClN2O2S/c1-19(33-26-14-10-24(28)11-15-26)27(31)30-29-17-20-7-12-25(13-8-20)32-18-21-6-9-22-4-2-3-5-23(22)16-21/h2-17,19H,18H2,1H3,(H,30,31)/b29-17-/t19-/m0/s1. The van der Waals surface area contributed by atoms with Gasteiger partial charge in [-0.15, -0.1) is 11.8 Å². The summed E-state index contributed by atoms with van der Waals surface area (Å²) in [5.74, 6) is 0.610. The molecule has 4 aromatic rings. The van der Waals surface area contributed by atoms with Crippen molar-refractivity contribution in [2.45, 2.75) is 23.7 Å². The molecule has 0 radical (unpaired) electrons. The second kappa shape index (κ2) is 11.0. The van der Waals surface area contributed by atoms with Crippen LogP contribution in [0.25, 0.3) is 10.8 Å². The largest absolute Gasteiger partial charge is 0.489 e. The number of carbonyl (C=O) groups is 1. The normalized spacial score (nSPS) is 12.1. The van der Waals surface area contributed by atoms with E-state index in [4.69, 9.17) is 16.3 Å². The highest BCUT2D eigenvalue weighted by atomic mass is 35.5. The first kappa shape index (κ1) is 22.9. The first-order chi connectivity index (χ1) is 16.1. The van der Waals surface area contributed by atoms with E-state index in [-0.39, 0.29) is 11.2 Å². The highest BCUT2D eigenvalue weighted by Crippen LogP contribution is 2.24. The number of nitrogens with one attached hydrogen (secondary N) is 1. The van der Waals surface area contributed by atoms with Gasteiger partial charge in [0.1, 0.15) is 12.4 Å². The van der Waals surface area contributed by atoms with Crippen LogP contribution in [0.15, 0.2) is 101 Å². The number of amides is 1. The number of benzene rings is 4. The Kier molecular flexibility index (Phi) is 7.66. The Bertz CT molecular complexity index is 1260. The molecule has 1 amide bonds. The highest BCUT2D eigenvalue weighted by molar-refractivity contribution is 8.00. The maximum absolute atomic E-state index is 12.3. The van der Waals surface area contributed by atoms with Crippen molar-refractivity contribution in [2.24, 2.45) is 5.10 Å². The van der Waals surface area contributed by atoms with E-state index < -0.39 is 0 Å². The summed E-state index contributed by atoms with van der Waals surface area (Å²) < 4.78 is 5.91. The first-order valence-corrected chi connectivity index (χ1v) is 11.8. The van der Waals surface area contributed by atoms with Crippen LogP contribution < -0.4 is 10.2 Å². The molecule has 4 aromatic carbocycles. The number of rotatable bonds is 8. The molecule has 0 aliphatic carbocycles. The second-order valence-corrected chi connectivity index (χ2v) is 9.34. The minimum absolute atomic E-state index is 0.165. The third kappa shape index (κ3) is 6.60. The van der Waals surface area contributed by atoms with Crippen LogP contribution in [0.2, 0.25) is 5.02 Å². The minimum atomic E-state index is -0.283. The van der Waals surface area contributed by atoms with Crippen LogP contribution in [0, 0.1) is 0 Å². The van der Waals surface area contributed by atoms with Crippen LogP contribution in [0.1, 0.15) is 18.1 Å². The molecule has 0 saturated carbocycles. The summed E-state index contributed by atoms with van der Waals surface area (Å²) >= 11 is 7.35. The Hall–Kier alpha value is -3.28. The fourth-order valence-corrected chi connectivity index (χ4v) is 4.16. The van der Waals surface area contributed by atoms with Gasteiger partial charge >= 0.3 is 0 Å². The number of halogens is 1. The molecule has 1 atom stereocenters. The lowest BCUT2D eigenvalue weighted by molar-refractivity contribution is -0.120. The number of hydrazone groups is 1. The molecular weight excluding hydrogens is 452 g/mol. The molecule has 0 aromatic heterocycles. The number of thioether (sulfide) groups is 1. The number of hydrogen-bond donors (Lipinski definition) is 1. The van der Waals surface area contributed by atoms with Gasteiger partial charge in [-0.2, -0.15) is 5.10 Å². The highest BCUT2D eigenvalue weighted by Gasteiger charge is 2.13. The zero-order chi connectivity index (χ0) is 23.0. The van der Waals surface area contributed by atoms with Crippen LogP contribution in [0.3, 0.4) is 0 Å². The van der Waals surface area contributed by atoms with Gasteiger partial charge in [0.25, 0.3) is 5.91 Å².